The van der Waals surface area contributed by atoms with Gasteiger partial charge < -0.3 is 9.47 Å². The van der Waals surface area contributed by atoms with Crippen LogP contribution in [-0.4, -0.2) is 24.2 Å². The van der Waals surface area contributed by atoms with Crippen LogP contribution in [0.25, 0.3) is 21.5 Å². The van der Waals surface area contributed by atoms with Gasteiger partial charge in [0.2, 0.25) is 0 Å². The summed E-state index contributed by atoms with van der Waals surface area (Å²) in [6, 6.07) is 20.9. The standard InChI is InChI=1S/C22H16BrNO3S/c23-15-5-3-6-16(13-15)26-10-11-27-22(25)18-14-20(21-9-4-12-28-21)24-19-8-2-1-7-17(18)19/h1-9,12-14H,10-11H2. The summed E-state index contributed by atoms with van der Waals surface area (Å²) in [6.45, 7) is 0.444. The molecule has 2 heterocycles. The van der Waals surface area contributed by atoms with Crippen LogP contribution in [0.5, 0.6) is 5.75 Å². The van der Waals surface area contributed by atoms with E-state index in [1.807, 2.05) is 66.0 Å². The van der Waals surface area contributed by atoms with Gasteiger partial charge in [-0.3, -0.25) is 0 Å². The van der Waals surface area contributed by atoms with Crippen LogP contribution in [0.3, 0.4) is 0 Å². The van der Waals surface area contributed by atoms with E-state index in [2.05, 4.69) is 20.9 Å². The van der Waals surface area contributed by atoms with Gasteiger partial charge in [0.15, 0.2) is 0 Å². The van der Waals surface area contributed by atoms with E-state index in [-0.39, 0.29) is 19.2 Å². The van der Waals surface area contributed by atoms with Crippen LogP contribution < -0.4 is 4.74 Å². The first kappa shape index (κ1) is 18.7. The van der Waals surface area contributed by atoms with Gasteiger partial charge >= 0.3 is 5.97 Å². The fraction of sp³-hybridized carbons (Fsp3) is 0.0909. The number of esters is 1. The van der Waals surface area contributed by atoms with Crippen LogP contribution in [-0.2, 0) is 4.74 Å². The number of pyridine rings is 1. The average molecular weight is 454 g/mol. The van der Waals surface area contributed by atoms with E-state index < -0.39 is 0 Å². The molecule has 28 heavy (non-hydrogen) atoms. The van der Waals surface area contributed by atoms with E-state index in [1.54, 1.807) is 17.4 Å². The smallest absolute Gasteiger partial charge is 0.339 e. The van der Waals surface area contributed by atoms with Crippen LogP contribution in [0.15, 0.2) is 76.6 Å². The van der Waals surface area contributed by atoms with Gasteiger partial charge in [0.05, 0.1) is 21.7 Å². The molecular formula is C22H16BrNO3S. The predicted octanol–water partition coefficient (Wildman–Crippen LogP) is 5.96. The number of rotatable bonds is 6. The minimum Gasteiger partial charge on any atom is -0.490 e. The zero-order valence-electron chi connectivity index (χ0n) is 14.8. The van der Waals surface area contributed by atoms with Crippen molar-refractivity contribution in [2.75, 3.05) is 13.2 Å². The SMILES string of the molecule is O=C(OCCOc1cccc(Br)c1)c1cc(-c2cccs2)nc2ccccc12. The molecule has 0 saturated heterocycles. The molecule has 0 saturated carbocycles. The van der Waals surface area contributed by atoms with Crippen molar-refractivity contribution >= 4 is 44.1 Å². The summed E-state index contributed by atoms with van der Waals surface area (Å²) in [5.41, 5.74) is 2.05. The molecule has 6 heteroatoms. The predicted molar refractivity (Wildman–Crippen MR) is 115 cm³/mol. The summed E-state index contributed by atoms with van der Waals surface area (Å²) in [6.07, 6.45) is 0. The van der Waals surface area contributed by atoms with E-state index in [4.69, 9.17) is 9.47 Å². The fourth-order valence-corrected chi connectivity index (χ4v) is 3.89. The Kier molecular flexibility index (Phi) is 5.69. The lowest BCUT2D eigenvalue weighted by molar-refractivity contribution is 0.0452. The molecule has 140 valence electrons. The maximum atomic E-state index is 12.7. The largest absolute Gasteiger partial charge is 0.490 e. The summed E-state index contributed by atoms with van der Waals surface area (Å²) < 4.78 is 12.0. The first-order valence-corrected chi connectivity index (χ1v) is 10.4. The molecule has 0 aliphatic rings. The molecule has 4 aromatic rings. The number of fused-ring (bicyclic) bond motifs is 1. The van der Waals surface area contributed by atoms with Crippen molar-refractivity contribution < 1.29 is 14.3 Å². The van der Waals surface area contributed by atoms with Gasteiger partial charge in [0.25, 0.3) is 0 Å². The molecule has 0 aliphatic heterocycles. The summed E-state index contributed by atoms with van der Waals surface area (Å²) >= 11 is 4.99. The van der Waals surface area contributed by atoms with Gasteiger partial charge in [-0.05, 0) is 41.8 Å². The van der Waals surface area contributed by atoms with Crippen molar-refractivity contribution in [3.05, 3.63) is 82.1 Å². The molecule has 0 amide bonds. The van der Waals surface area contributed by atoms with Crippen molar-refractivity contribution in [3.8, 4) is 16.3 Å². The molecule has 0 spiro atoms. The number of thiophene rings is 1. The quantitative estimate of drug-likeness (QED) is 0.266. The second-order valence-electron chi connectivity index (χ2n) is 5.99. The number of aromatic nitrogens is 1. The van der Waals surface area contributed by atoms with E-state index in [1.165, 1.54) is 0 Å². The van der Waals surface area contributed by atoms with Crippen LogP contribution in [0.1, 0.15) is 10.4 Å². The highest BCUT2D eigenvalue weighted by atomic mass is 79.9. The first-order chi connectivity index (χ1) is 13.7. The van der Waals surface area contributed by atoms with Crippen LogP contribution in [0, 0.1) is 0 Å². The Morgan fingerprint density at radius 3 is 2.71 bits per heavy atom. The second-order valence-corrected chi connectivity index (χ2v) is 7.85. The van der Waals surface area contributed by atoms with Crippen molar-refractivity contribution in [2.24, 2.45) is 0 Å². The minimum atomic E-state index is -0.380. The van der Waals surface area contributed by atoms with E-state index in [9.17, 15) is 4.79 Å². The summed E-state index contributed by atoms with van der Waals surface area (Å²) in [4.78, 5) is 18.4. The number of carbonyl (C=O) groups excluding carboxylic acids is 1. The molecule has 0 bridgehead atoms. The van der Waals surface area contributed by atoms with Crippen LogP contribution in [0.4, 0.5) is 0 Å². The number of ether oxygens (including phenoxy) is 2. The van der Waals surface area contributed by atoms with E-state index in [0.717, 1.165) is 31.7 Å². The number of para-hydroxylation sites is 1. The molecule has 0 atom stereocenters. The highest BCUT2D eigenvalue weighted by molar-refractivity contribution is 9.10. The monoisotopic (exact) mass is 453 g/mol. The molecule has 4 rings (SSSR count). The molecule has 0 unspecified atom stereocenters. The first-order valence-electron chi connectivity index (χ1n) is 8.70. The molecule has 0 fully saturated rings. The fourth-order valence-electron chi connectivity index (χ4n) is 2.82. The maximum absolute atomic E-state index is 12.7. The lowest BCUT2D eigenvalue weighted by Crippen LogP contribution is -2.13. The Bertz CT molecular complexity index is 1110. The molecule has 0 N–H and O–H groups in total. The van der Waals surface area contributed by atoms with E-state index in [0.29, 0.717) is 5.56 Å². The summed E-state index contributed by atoms with van der Waals surface area (Å²) in [5, 5.41) is 2.77. The van der Waals surface area contributed by atoms with E-state index >= 15 is 0 Å². The number of hydrogen-bond donors (Lipinski definition) is 0. The average Bonchev–Trinajstić information content (AvgIpc) is 3.25. The van der Waals surface area contributed by atoms with Crippen molar-refractivity contribution in [2.45, 2.75) is 0 Å². The molecule has 2 aromatic heterocycles. The third kappa shape index (κ3) is 4.24. The number of nitrogens with zero attached hydrogens (tertiary/aromatic N) is 1. The second kappa shape index (κ2) is 8.54. The van der Waals surface area contributed by atoms with Gasteiger partial charge in [-0.1, -0.05) is 46.3 Å². The van der Waals surface area contributed by atoms with Gasteiger partial charge in [0.1, 0.15) is 19.0 Å². The zero-order valence-corrected chi connectivity index (χ0v) is 17.2. The number of benzene rings is 2. The lowest BCUT2D eigenvalue weighted by atomic mass is 10.1. The third-order valence-corrected chi connectivity index (χ3v) is 5.48. The van der Waals surface area contributed by atoms with Gasteiger partial charge in [-0.15, -0.1) is 11.3 Å². The Morgan fingerprint density at radius 2 is 1.89 bits per heavy atom. The summed E-state index contributed by atoms with van der Waals surface area (Å²) in [7, 11) is 0. The Balaban J connectivity index is 1.50. The lowest BCUT2D eigenvalue weighted by Gasteiger charge is -2.10. The van der Waals surface area contributed by atoms with Gasteiger partial charge in [0, 0.05) is 9.86 Å². The Labute approximate surface area is 174 Å². The third-order valence-electron chi connectivity index (χ3n) is 4.09. The topological polar surface area (TPSA) is 48.4 Å². The summed E-state index contributed by atoms with van der Waals surface area (Å²) in [5.74, 6) is 0.342. The molecular weight excluding hydrogens is 438 g/mol. The molecule has 0 aliphatic carbocycles. The molecule has 4 nitrogen and oxygen atoms in total. The minimum absolute atomic E-state index is 0.163. The Morgan fingerprint density at radius 1 is 1.00 bits per heavy atom. The van der Waals surface area contributed by atoms with Gasteiger partial charge in [-0.2, -0.15) is 0 Å². The number of carbonyl (C=O) groups is 1. The zero-order chi connectivity index (χ0) is 19.3. The molecule has 2 aromatic carbocycles. The van der Waals surface area contributed by atoms with Gasteiger partial charge in [-0.25, -0.2) is 9.78 Å². The maximum Gasteiger partial charge on any atom is 0.339 e. The van der Waals surface area contributed by atoms with Crippen LogP contribution >= 0.6 is 27.3 Å². The Hall–Kier alpha value is -2.70. The normalized spacial score (nSPS) is 10.8. The number of halogens is 1. The highest BCUT2D eigenvalue weighted by Crippen LogP contribution is 2.28. The highest BCUT2D eigenvalue weighted by Gasteiger charge is 2.15. The van der Waals surface area contributed by atoms with Crippen LogP contribution in [0.2, 0.25) is 0 Å². The van der Waals surface area contributed by atoms with Crippen molar-refractivity contribution in [3.63, 3.8) is 0 Å². The number of hydrogen-bond acceptors (Lipinski definition) is 5. The van der Waals surface area contributed by atoms with Crippen molar-refractivity contribution in [1.82, 2.24) is 4.98 Å². The van der Waals surface area contributed by atoms with Crippen molar-refractivity contribution in [1.29, 1.82) is 0 Å². The molecule has 0 radical (unpaired) electrons.